The highest BCUT2D eigenvalue weighted by Gasteiger charge is 2.60. The molecule has 1 aromatic carbocycles. The quantitative estimate of drug-likeness (QED) is 0.519. The Morgan fingerprint density at radius 1 is 1.18 bits per heavy atom. The molecule has 3 rings (SSSR count). The summed E-state index contributed by atoms with van der Waals surface area (Å²) in [4.78, 5) is 18.1. The van der Waals surface area contributed by atoms with E-state index in [9.17, 15) is 35.5 Å². The second-order valence-electron chi connectivity index (χ2n) is 7.54. The van der Waals surface area contributed by atoms with E-state index in [1.807, 2.05) is 0 Å². The van der Waals surface area contributed by atoms with E-state index in [1.165, 1.54) is 17.0 Å². The number of benzene rings is 1. The van der Waals surface area contributed by atoms with Crippen molar-refractivity contribution in [3.05, 3.63) is 53.6 Å². The molecule has 33 heavy (non-hydrogen) atoms. The molecule has 1 fully saturated rings. The van der Waals surface area contributed by atoms with Gasteiger partial charge in [-0.05, 0) is 30.7 Å². The lowest BCUT2D eigenvalue weighted by Crippen LogP contribution is -2.57. The first-order valence-electron chi connectivity index (χ1n) is 9.87. The number of piperazine rings is 1. The number of nitrogens with one attached hydrogen (secondary N) is 1. The molecule has 0 bridgehead atoms. The Bertz CT molecular complexity index is 981. The molecule has 180 valence electrons. The summed E-state index contributed by atoms with van der Waals surface area (Å²) in [5, 5.41) is 2.77. The van der Waals surface area contributed by atoms with E-state index in [0.717, 1.165) is 0 Å². The Kier molecular flexibility index (Phi) is 7.27. The molecule has 0 spiro atoms. The number of hydrogen-bond donors (Lipinski definition) is 1. The van der Waals surface area contributed by atoms with Crippen LogP contribution in [0.15, 0.2) is 36.4 Å². The molecule has 0 aliphatic carbocycles. The van der Waals surface area contributed by atoms with Crippen LogP contribution in [0.25, 0.3) is 11.1 Å². The average molecular weight is 479 g/mol. The van der Waals surface area contributed by atoms with Crippen LogP contribution in [0, 0.1) is 12.7 Å². The standard InChI is InChI=1S/C21H20F7N3O2/c1-12-16(13-3-2-4-14(22)9-13)6-5-15(30-12)11-31-8-7-29-10-17(31)18(32)33-19(20(23,24)25)21(26,27)28/h2-6,9,17,19,29H,7-8,10-11H2,1H3. The highest BCUT2D eigenvalue weighted by atomic mass is 19.4. The Hall–Kier alpha value is -2.73. The first-order valence-corrected chi connectivity index (χ1v) is 9.87. The Balaban J connectivity index is 1.77. The lowest BCUT2D eigenvalue weighted by atomic mass is 10.0. The number of alkyl halides is 6. The summed E-state index contributed by atoms with van der Waals surface area (Å²) in [6.45, 7) is 2.04. The van der Waals surface area contributed by atoms with Gasteiger partial charge < -0.3 is 10.1 Å². The minimum absolute atomic E-state index is 0.00554. The SMILES string of the molecule is Cc1nc(CN2CCNCC2C(=O)OC(C(F)(F)F)C(F)(F)F)ccc1-c1cccc(F)c1. The molecule has 0 radical (unpaired) electrons. The van der Waals surface area contributed by atoms with Crippen LogP contribution in [0.2, 0.25) is 0 Å². The monoisotopic (exact) mass is 479 g/mol. The van der Waals surface area contributed by atoms with Gasteiger partial charge >= 0.3 is 18.3 Å². The number of carbonyl (C=O) groups is 1. The van der Waals surface area contributed by atoms with Crippen molar-refractivity contribution in [2.75, 3.05) is 19.6 Å². The predicted molar refractivity (Wildman–Crippen MR) is 103 cm³/mol. The van der Waals surface area contributed by atoms with Gasteiger partial charge in [0.05, 0.1) is 5.69 Å². The van der Waals surface area contributed by atoms with Crippen LogP contribution in [0.5, 0.6) is 0 Å². The minimum Gasteiger partial charge on any atom is -0.442 e. The van der Waals surface area contributed by atoms with Crippen molar-refractivity contribution < 1.29 is 40.3 Å². The molecule has 0 saturated carbocycles. The number of halogens is 7. The minimum atomic E-state index is -5.79. The van der Waals surface area contributed by atoms with Gasteiger partial charge in [-0.25, -0.2) is 4.39 Å². The van der Waals surface area contributed by atoms with Crippen LogP contribution in [0.4, 0.5) is 30.7 Å². The molecule has 1 aliphatic rings. The maximum Gasteiger partial charge on any atom is 0.434 e. The Labute approximate surface area is 184 Å². The third-order valence-electron chi connectivity index (χ3n) is 5.10. The van der Waals surface area contributed by atoms with Gasteiger partial charge in [0.2, 0.25) is 0 Å². The summed E-state index contributed by atoms with van der Waals surface area (Å²) in [5.41, 5.74) is 2.24. The van der Waals surface area contributed by atoms with Gasteiger partial charge in [-0.2, -0.15) is 26.3 Å². The normalized spacial score (nSPS) is 17.9. The summed E-state index contributed by atoms with van der Waals surface area (Å²) < 4.78 is 94.0. The van der Waals surface area contributed by atoms with Gasteiger partial charge in [-0.3, -0.25) is 14.7 Å². The van der Waals surface area contributed by atoms with E-state index in [1.54, 1.807) is 31.2 Å². The molecule has 1 unspecified atom stereocenters. The Morgan fingerprint density at radius 3 is 2.48 bits per heavy atom. The molecular formula is C21H20F7N3O2. The summed E-state index contributed by atoms with van der Waals surface area (Å²) in [6.07, 6.45) is -15.8. The second kappa shape index (κ2) is 9.64. The lowest BCUT2D eigenvalue weighted by Gasteiger charge is -2.35. The van der Waals surface area contributed by atoms with Gasteiger partial charge in [-0.15, -0.1) is 0 Å². The van der Waals surface area contributed by atoms with Gasteiger partial charge in [0, 0.05) is 37.4 Å². The molecule has 2 heterocycles. The second-order valence-corrected chi connectivity index (χ2v) is 7.54. The third kappa shape index (κ3) is 6.20. The van der Waals surface area contributed by atoms with Crippen molar-refractivity contribution in [3.8, 4) is 11.1 Å². The molecule has 5 nitrogen and oxygen atoms in total. The summed E-state index contributed by atoms with van der Waals surface area (Å²) in [6, 6.07) is 7.81. The van der Waals surface area contributed by atoms with Gasteiger partial charge in [-0.1, -0.05) is 18.2 Å². The maximum absolute atomic E-state index is 13.5. The number of rotatable bonds is 5. The zero-order valence-electron chi connectivity index (χ0n) is 17.3. The molecule has 12 heteroatoms. The zero-order chi connectivity index (χ0) is 24.4. The topological polar surface area (TPSA) is 54.5 Å². The van der Waals surface area contributed by atoms with Gasteiger partial charge in [0.25, 0.3) is 6.10 Å². The summed E-state index contributed by atoms with van der Waals surface area (Å²) >= 11 is 0. The number of aromatic nitrogens is 1. The van der Waals surface area contributed by atoms with Crippen molar-refractivity contribution in [1.29, 1.82) is 0 Å². The smallest absolute Gasteiger partial charge is 0.434 e. The fourth-order valence-corrected chi connectivity index (χ4v) is 3.55. The van der Waals surface area contributed by atoms with E-state index in [2.05, 4.69) is 15.0 Å². The van der Waals surface area contributed by atoms with Gasteiger partial charge in [0.1, 0.15) is 11.9 Å². The fourth-order valence-electron chi connectivity index (χ4n) is 3.55. The van der Waals surface area contributed by atoms with E-state index >= 15 is 0 Å². The van der Waals surface area contributed by atoms with Crippen molar-refractivity contribution in [2.24, 2.45) is 0 Å². The van der Waals surface area contributed by atoms with Crippen molar-refractivity contribution in [2.45, 2.75) is 38.0 Å². The molecule has 2 aromatic rings. The summed E-state index contributed by atoms with van der Waals surface area (Å²) in [5.74, 6) is -2.05. The fraction of sp³-hybridized carbons (Fsp3) is 0.429. The molecule has 1 N–H and O–H groups in total. The maximum atomic E-state index is 13.5. The van der Waals surface area contributed by atoms with Crippen LogP contribution in [0.1, 0.15) is 11.4 Å². The van der Waals surface area contributed by atoms with Crippen LogP contribution < -0.4 is 5.32 Å². The average Bonchev–Trinajstić information content (AvgIpc) is 2.70. The van der Waals surface area contributed by atoms with Crippen molar-refractivity contribution in [3.63, 3.8) is 0 Å². The molecule has 1 aliphatic heterocycles. The number of ether oxygens (including phenoxy) is 1. The van der Waals surface area contributed by atoms with Crippen LogP contribution in [0.3, 0.4) is 0 Å². The van der Waals surface area contributed by atoms with Crippen LogP contribution in [-0.2, 0) is 16.1 Å². The van der Waals surface area contributed by atoms with E-state index in [4.69, 9.17) is 0 Å². The number of nitrogens with zero attached hydrogens (tertiary/aromatic N) is 2. The van der Waals surface area contributed by atoms with Crippen molar-refractivity contribution >= 4 is 5.97 Å². The highest BCUT2D eigenvalue weighted by molar-refractivity contribution is 5.76. The van der Waals surface area contributed by atoms with E-state index < -0.39 is 36.3 Å². The van der Waals surface area contributed by atoms with Crippen molar-refractivity contribution in [1.82, 2.24) is 15.2 Å². The van der Waals surface area contributed by atoms with Gasteiger partial charge in [0.15, 0.2) is 0 Å². The first-order chi connectivity index (χ1) is 15.4. The largest absolute Gasteiger partial charge is 0.442 e. The molecule has 1 atom stereocenters. The van der Waals surface area contributed by atoms with E-state index in [-0.39, 0.29) is 19.6 Å². The Morgan fingerprint density at radius 2 is 1.88 bits per heavy atom. The van der Waals surface area contributed by atoms with E-state index in [0.29, 0.717) is 29.1 Å². The number of pyridine rings is 1. The molecule has 0 amide bonds. The lowest BCUT2D eigenvalue weighted by molar-refractivity contribution is -0.314. The molecular weight excluding hydrogens is 459 g/mol. The molecule has 1 aromatic heterocycles. The predicted octanol–water partition coefficient (Wildman–Crippen LogP) is 4.01. The number of hydrogen-bond acceptors (Lipinski definition) is 5. The first kappa shape index (κ1) is 24.9. The number of aryl methyl sites for hydroxylation is 1. The highest BCUT2D eigenvalue weighted by Crippen LogP contribution is 2.36. The van der Waals surface area contributed by atoms with Crippen LogP contribution >= 0.6 is 0 Å². The summed E-state index contributed by atoms with van der Waals surface area (Å²) in [7, 11) is 0. The number of esters is 1. The molecule has 1 saturated heterocycles. The number of carbonyl (C=O) groups excluding carboxylic acids is 1. The third-order valence-corrected chi connectivity index (χ3v) is 5.10. The zero-order valence-corrected chi connectivity index (χ0v) is 17.3. The van der Waals surface area contributed by atoms with Crippen LogP contribution in [-0.4, -0.2) is 60.0 Å².